The number of para-hydroxylation sites is 1. The maximum absolute atomic E-state index is 11.8. The number of phenols is 1. The Labute approximate surface area is 106 Å². The van der Waals surface area contributed by atoms with Crippen molar-refractivity contribution in [3.05, 3.63) is 29.3 Å². The molecule has 0 aliphatic heterocycles. The quantitative estimate of drug-likeness (QED) is 0.744. The van der Waals surface area contributed by atoms with E-state index in [0.717, 1.165) is 0 Å². The lowest BCUT2D eigenvalue weighted by Gasteiger charge is -2.10. The van der Waals surface area contributed by atoms with E-state index < -0.39 is 5.91 Å². The smallest absolute Gasteiger partial charge is 0.255 e. The number of phenolic OH excluding ortho intramolecular Hbond substituents is 1. The van der Waals surface area contributed by atoms with Crippen LogP contribution in [0.3, 0.4) is 0 Å². The van der Waals surface area contributed by atoms with Crippen LogP contribution in [0.2, 0.25) is 0 Å². The number of amides is 2. The first-order valence-electron chi connectivity index (χ1n) is 5.78. The van der Waals surface area contributed by atoms with Gasteiger partial charge in [-0.05, 0) is 32.4 Å². The molecule has 0 atom stereocenters. The van der Waals surface area contributed by atoms with E-state index >= 15 is 0 Å². The first-order valence-corrected chi connectivity index (χ1v) is 5.78. The van der Waals surface area contributed by atoms with Gasteiger partial charge in [-0.1, -0.05) is 12.1 Å². The molecule has 0 saturated carbocycles. The number of hydrogen-bond acceptors (Lipinski definition) is 3. The second-order valence-corrected chi connectivity index (χ2v) is 4.38. The average molecular weight is 250 g/mol. The molecule has 0 bridgehead atoms. The summed E-state index contributed by atoms with van der Waals surface area (Å²) in [5.41, 5.74) is 0.793. The van der Waals surface area contributed by atoms with E-state index in [-0.39, 0.29) is 29.8 Å². The molecule has 0 spiro atoms. The van der Waals surface area contributed by atoms with Gasteiger partial charge in [0.15, 0.2) is 0 Å². The first-order chi connectivity index (χ1) is 8.41. The van der Waals surface area contributed by atoms with Crippen molar-refractivity contribution in [3.8, 4) is 5.75 Å². The van der Waals surface area contributed by atoms with Gasteiger partial charge in [0.25, 0.3) is 5.91 Å². The predicted molar refractivity (Wildman–Crippen MR) is 68.5 cm³/mol. The molecule has 5 nitrogen and oxygen atoms in total. The Kier molecular flexibility index (Phi) is 4.71. The van der Waals surface area contributed by atoms with Gasteiger partial charge in [0.05, 0.1) is 12.1 Å². The fourth-order valence-electron chi connectivity index (χ4n) is 1.47. The van der Waals surface area contributed by atoms with Crippen LogP contribution in [-0.4, -0.2) is 29.5 Å². The molecule has 18 heavy (non-hydrogen) atoms. The molecular formula is C13H18N2O3. The molecule has 1 aromatic rings. The molecule has 0 aliphatic carbocycles. The van der Waals surface area contributed by atoms with Crippen LogP contribution in [-0.2, 0) is 4.79 Å². The van der Waals surface area contributed by atoms with Crippen molar-refractivity contribution in [2.45, 2.75) is 26.8 Å². The van der Waals surface area contributed by atoms with E-state index in [4.69, 9.17) is 0 Å². The van der Waals surface area contributed by atoms with E-state index in [2.05, 4.69) is 10.6 Å². The van der Waals surface area contributed by atoms with Gasteiger partial charge in [0.1, 0.15) is 5.75 Å². The van der Waals surface area contributed by atoms with E-state index in [1.165, 1.54) is 6.07 Å². The highest BCUT2D eigenvalue weighted by molar-refractivity contribution is 5.99. The maximum atomic E-state index is 11.8. The molecule has 0 unspecified atom stereocenters. The Morgan fingerprint density at radius 3 is 2.61 bits per heavy atom. The van der Waals surface area contributed by atoms with Crippen molar-refractivity contribution in [2.75, 3.05) is 6.54 Å². The third-order valence-corrected chi connectivity index (χ3v) is 2.34. The molecule has 0 radical (unpaired) electrons. The van der Waals surface area contributed by atoms with Crippen LogP contribution in [0, 0.1) is 6.92 Å². The van der Waals surface area contributed by atoms with Crippen molar-refractivity contribution in [1.82, 2.24) is 10.6 Å². The minimum Gasteiger partial charge on any atom is -0.507 e. The van der Waals surface area contributed by atoms with Gasteiger partial charge in [-0.15, -0.1) is 0 Å². The average Bonchev–Trinajstić information content (AvgIpc) is 2.29. The molecule has 5 heteroatoms. The number of aromatic hydroxyl groups is 1. The molecule has 0 aliphatic rings. The van der Waals surface area contributed by atoms with E-state index in [9.17, 15) is 14.7 Å². The Bertz CT molecular complexity index is 456. The van der Waals surface area contributed by atoms with Crippen LogP contribution in [0.1, 0.15) is 29.8 Å². The lowest BCUT2D eigenvalue weighted by Crippen LogP contribution is -2.39. The molecule has 0 heterocycles. The molecule has 0 aromatic heterocycles. The van der Waals surface area contributed by atoms with Gasteiger partial charge < -0.3 is 15.7 Å². The summed E-state index contributed by atoms with van der Waals surface area (Å²) in [5.74, 6) is -0.778. The lowest BCUT2D eigenvalue weighted by molar-refractivity contribution is -0.120. The summed E-state index contributed by atoms with van der Waals surface area (Å²) < 4.78 is 0. The fourth-order valence-corrected chi connectivity index (χ4v) is 1.47. The summed E-state index contributed by atoms with van der Waals surface area (Å²) in [6.07, 6.45) is 0. The second-order valence-electron chi connectivity index (χ2n) is 4.38. The molecular weight excluding hydrogens is 232 g/mol. The molecule has 3 N–H and O–H groups in total. The van der Waals surface area contributed by atoms with Gasteiger partial charge in [-0.3, -0.25) is 9.59 Å². The van der Waals surface area contributed by atoms with Crippen LogP contribution in [0.25, 0.3) is 0 Å². The third kappa shape index (κ3) is 3.76. The first kappa shape index (κ1) is 14.0. The third-order valence-electron chi connectivity index (χ3n) is 2.34. The van der Waals surface area contributed by atoms with Crippen molar-refractivity contribution in [3.63, 3.8) is 0 Å². The van der Waals surface area contributed by atoms with Crippen LogP contribution >= 0.6 is 0 Å². The molecule has 98 valence electrons. The Balaban J connectivity index is 2.61. The molecule has 0 fully saturated rings. The Morgan fingerprint density at radius 2 is 2.00 bits per heavy atom. The highest BCUT2D eigenvalue weighted by atomic mass is 16.3. The van der Waals surface area contributed by atoms with E-state index in [1.807, 2.05) is 13.8 Å². The van der Waals surface area contributed by atoms with Gasteiger partial charge in [-0.25, -0.2) is 0 Å². The van der Waals surface area contributed by atoms with Crippen molar-refractivity contribution in [2.24, 2.45) is 0 Å². The van der Waals surface area contributed by atoms with Crippen molar-refractivity contribution >= 4 is 11.8 Å². The summed E-state index contributed by atoms with van der Waals surface area (Å²) in [6.45, 7) is 5.28. The number of benzene rings is 1. The van der Waals surface area contributed by atoms with Crippen molar-refractivity contribution < 1.29 is 14.7 Å². The summed E-state index contributed by atoms with van der Waals surface area (Å²) in [6, 6.07) is 4.93. The topological polar surface area (TPSA) is 78.4 Å². The minimum atomic E-state index is -0.463. The van der Waals surface area contributed by atoms with Crippen LogP contribution < -0.4 is 10.6 Å². The molecule has 0 saturated heterocycles. The summed E-state index contributed by atoms with van der Waals surface area (Å²) in [5, 5.41) is 14.8. The van der Waals surface area contributed by atoms with E-state index in [1.54, 1.807) is 19.1 Å². The van der Waals surface area contributed by atoms with Crippen LogP contribution in [0.5, 0.6) is 5.75 Å². The predicted octanol–water partition coefficient (Wildman–Crippen LogP) is 0.955. The van der Waals surface area contributed by atoms with Crippen LogP contribution in [0.4, 0.5) is 0 Å². The zero-order valence-electron chi connectivity index (χ0n) is 10.8. The van der Waals surface area contributed by atoms with Gasteiger partial charge in [-0.2, -0.15) is 0 Å². The second kappa shape index (κ2) is 6.05. The highest BCUT2D eigenvalue weighted by Crippen LogP contribution is 2.20. The number of aryl methyl sites for hydroxylation is 1. The number of carbonyl (C=O) groups excluding carboxylic acids is 2. The number of rotatable bonds is 4. The largest absolute Gasteiger partial charge is 0.507 e. The molecule has 2 amide bonds. The fraction of sp³-hybridized carbons (Fsp3) is 0.385. The molecule has 1 aromatic carbocycles. The SMILES string of the molecule is Cc1cccc(C(=O)NCC(=O)NC(C)C)c1O. The number of carbonyl (C=O) groups is 2. The van der Waals surface area contributed by atoms with Gasteiger partial charge >= 0.3 is 0 Å². The Morgan fingerprint density at radius 1 is 1.33 bits per heavy atom. The zero-order chi connectivity index (χ0) is 13.7. The number of nitrogens with one attached hydrogen (secondary N) is 2. The standard InChI is InChI=1S/C13H18N2O3/c1-8(2)15-11(16)7-14-13(18)10-6-4-5-9(3)12(10)17/h4-6,8,17H,7H2,1-3H3,(H,14,18)(H,15,16). The Hall–Kier alpha value is -2.04. The lowest BCUT2D eigenvalue weighted by atomic mass is 10.1. The normalized spacial score (nSPS) is 10.2. The molecule has 1 rings (SSSR count). The zero-order valence-corrected chi connectivity index (χ0v) is 10.8. The summed E-state index contributed by atoms with van der Waals surface area (Å²) in [7, 11) is 0. The van der Waals surface area contributed by atoms with Gasteiger partial charge in [0.2, 0.25) is 5.91 Å². The highest BCUT2D eigenvalue weighted by Gasteiger charge is 2.13. The van der Waals surface area contributed by atoms with Crippen molar-refractivity contribution in [1.29, 1.82) is 0 Å². The summed E-state index contributed by atoms with van der Waals surface area (Å²) in [4.78, 5) is 23.1. The minimum absolute atomic E-state index is 0.0294. The monoisotopic (exact) mass is 250 g/mol. The van der Waals surface area contributed by atoms with Crippen LogP contribution in [0.15, 0.2) is 18.2 Å². The van der Waals surface area contributed by atoms with E-state index in [0.29, 0.717) is 5.56 Å². The summed E-state index contributed by atoms with van der Waals surface area (Å²) >= 11 is 0. The number of hydrogen-bond donors (Lipinski definition) is 3. The maximum Gasteiger partial charge on any atom is 0.255 e. The van der Waals surface area contributed by atoms with Gasteiger partial charge in [0, 0.05) is 6.04 Å².